The summed E-state index contributed by atoms with van der Waals surface area (Å²) in [4.78, 5) is 12.3. The van der Waals surface area contributed by atoms with Gasteiger partial charge in [-0.25, -0.2) is 4.39 Å². The summed E-state index contributed by atoms with van der Waals surface area (Å²) < 4.78 is 13.4. The van der Waals surface area contributed by atoms with Crippen LogP contribution in [0.2, 0.25) is 10.0 Å². The first-order valence-corrected chi connectivity index (χ1v) is 13.3. The molecule has 3 nitrogen and oxygen atoms in total. The normalized spacial score (nSPS) is 15.6. The van der Waals surface area contributed by atoms with Crippen LogP contribution in [0.25, 0.3) is 0 Å². The Morgan fingerprint density at radius 2 is 1.59 bits per heavy atom. The number of rotatable bonds is 9. The van der Waals surface area contributed by atoms with Crippen LogP contribution in [-0.4, -0.2) is 17.9 Å². The molecule has 2 aromatic carbocycles. The highest BCUT2D eigenvalue weighted by atomic mass is 35.5. The summed E-state index contributed by atoms with van der Waals surface area (Å²) in [7, 11) is 0. The molecule has 4 N–H and O–H groups in total. The van der Waals surface area contributed by atoms with Gasteiger partial charge in [0.15, 0.2) is 0 Å². The van der Waals surface area contributed by atoms with Crippen molar-refractivity contribution in [3.63, 3.8) is 0 Å². The molecule has 0 bridgehead atoms. The molecule has 1 aliphatic carbocycles. The van der Waals surface area contributed by atoms with Crippen LogP contribution >= 0.6 is 23.2 Å². The summed E-state index contributed by atoms with van der Waals surface area (Å²) in [6.07, 6.45) is 3.35. The van der Waals surface area contributed by atoms with Crippen molar-refractivity contribution >= 4 is 29.0 Å². The van der Waals surface area contributed by atoms with Crippen molar-refractivity contribution in [2.75, 3.05) is 6.54 Å². The van der Waals surface area contributed by atoms with Crippen LogP contribution in [-0.2, 0) is 17.6 Å². The molecule has 0 spiro atoms. The first-order chi connectivity index (χ1) is 16.7. The summed E-state index contributed by atoms with van der Waals surface area (Å²) in [5.74, 6) is 0.0452. The lowest BCUT2D eigenvalue weighted by atomic mass is 9.77. The van der Waals surface area contributed by atoms with Gasteiger partial charge < -0.3 is 11.5 Å². The summed E-state index contributed by atoms with van der Waals surface area (Å²) in [5.41, 5.74) is 14.9. The van der Waals surface area contributed by atoms with E-state index in [2.05, 4.69) is 27.4 Å². The van der Waals surface area contributed by atoms with Crippen LogP contribution < -0.4 is 11.5 Å². The molecule has 206 valence electrons. The molecule has 2 aromatic rings. The molecule has 1 fully saturated rings. The fourth-order valence-electron chi connectivity index (χ4n) is 4.25. The number of carbonyl (C=O) groups excluding carboxylic acids is 1. The van der Waals surface area contributed by atoms with Crippen LogP contribution in [0.3, 0.4) is 0 Å². The van der Waals surface area contributed by atoms with Gasteiger partial charge in [0, 0.05) is 22.4 Å². The molecule has 0 aromatic heterocycles. The van der Waals surface area contributed by atoms with Crippen molar-refractivity contribution in [2.24, 2.45) is 34.6 Å². The van der Waals surface area contributed by atoms with Gasteiger partial charge in [-0.2, -0.15) is 0 Å². The molecule has 1 aliphatic rings. The number of benzene rings is 2. The first kappa shape index (κ1) is 33.3. The highest BCUT2D eigenvalue weighted by molar-refractivity contribution is 6.30. The third-order valence-electron chi connectivity index (χ3n) is 6.99. The lowest BCUT2D eigenvalue weighted by Gasteiger charge is -2.29. The van der Waals surface area contributed by atoms with E-state index in [-0.39, 0.29) is 52.8 Å². The number of Topliss-reactive ketones (excluding diaryl/α,β-unsaturated/α-hetero) is 1. The van der Waals surface area contributed by atoms with Gasteiger partial charge in [-0.1, -0.05) is 95.6 Å². The molecule has 1 saturated carbocycles. The zero-order valence-corrected chi connectivity index (χ0v) is 23.7. The van der Waals surface area contributed by atoms with E-state index >= 15 is 0 Å². The fraction of sp³-hybridized carbons (Fsp3) is 0.516. The molecule has 0 heterocycles. The topological polar surface area (TPSA) is 69.1 Å². The number of hydrogen-bond donors (Lipinski definition) is 2. The van der Waals surface area contributed by atoms with Crippen LogP contribution in [0.15, 0.2) is 54.6 Å². The Morgan fingerprint density at radius 3 is 2.03 bits per heavy atom. The smallest absolute Gasteiger partial charge is 0.142 e. The SMILES string of the molecule is C.C=C(C(CN)Cc1ccc(Cl)c(F)c1)C(C)(C)C.CC(C)C(=O)C(Cc1ccc(Cl)cc1)C1(N)CC1. The largest absolute Gasteiger partial charge is 0.330 e. The number of halogens is 3. The third kappa shape index (κ3) is 9.83. The molecule has 37 heavy (non-hydrogen) atoms. The van der Waals surface area contributed by atoms with Gasteiger partial charge in [0.05, 0.1) is 5.02 Å². The molecule has 0 aliphatic heterocycles. The van der Waals surface area contributed by atoms with Gasteiger partial charge in [0.25, 0.3) is 0 Å². The van der Waals surface area contributed by atoms with Crippen molar-refractivity contribution in [3.05, 3.63) is 81.6 Å². The molecule has 0 radical (unpaired) electrons. The Morgan fingerprint density at radius 1 is 1.05 bits per heavy atom. The predicted molar refractivity (Wildman–Crippen MR) is 158 cm³/mol. The number of hydrogen-bond acceptors (Lipinski definition) is 3. The Balaban J connectivity index is 0.000000360. The van der Waals surface area contributed by atoms with Crippen LogP contribution in [0, 0.1) is 29.0 Å². The zero-order valence-electron chi connectivity index (χ0n) is 22.2. The molecular formula is C31H45Cl2FN2O. The van der Waals surface area contributed by atoms with Crippen molar-refractivity contribution in [1.29, 1.82) is 0 Å². The Bertz CT molecular complexity index is 1040. The summed E-state index contributed by atoms with van der Waals surface area (Å²) in [5, 5.41) is 0.872. The van der Waals surface area contributed by atoms with E-state index in [0.717, 1.165) is 41.0 Å². The highest BCUT2D eigenvalue weighted by Gasteiger charge is 2.49. The van der Waals surface area contributed by atoms with Gasteiger partial charge in [-0.15, -0.1) is 0 Å². The van der Waals surface area contributed by atoms with E-state index < -0.39 is 0 Å². The monoisotopic (exact) mass is 550 g/mol. The van der Waals surface area contributed by atoms with Crippen molar-refractivity contribution in [2.45, 2.75) is 73.3 Å². The number of carbonyl (C=O) groups is 1. The summed E-state index contributed by atoms with van der Waals surface area (Å²) in [6.45, 7) is 14.9. The van der Waals surface area contributed by atoms with E-state index in [1.807, 2.05) is 44.2 Å². The molecule has 0 saturated heterocycles. The lowest BCUT2D eigenvalue weighted by Crippen LogP contribution is -2.41. The van der Waals surface area contributed by atoms with Crippen LogP contribution in [0.1, 0.15) is 66.0 Å². The Hall–Kier alpha value is -1.72. The van der Waals surface area contributed by atoms with E-state index in [0.29, 0.717) is 13.0 Å². The van der Waals surface area contributed by atoms with Gasteiger partial charge >= 0.3 is 0 Å². The van der Waals surface area contributed by atoms with Crippen molar-refractivity contribution in [3.8, 4) is 0 Å². The van der Waals surface area contributed by atoms with Gasteiger partial charge in [-0.3, -0.25) is 4.79 Å². The minimum atomic E-state index is -0.383. The minimum absolute atomic E-state index is 0. The Labute approximate surface area is 233 Å². The highest BCUT2D eigenvalue weighted by Crippen LogP contribution is 2.42. The van der Waals surface area contributed by atoms with Gasteiger partial charge in [0.2, 0.25) is 0 Å². The minimum Gasteiger partial charge on any atom is -0.330 e. The summed E-state index contributed by atoms with van der Waals surface area (Å²) >= 11 is 11.5. The van der Waals surface area contributed by atoms with Crippen LogP contribution in [0.4, 0.5) is 4.39 Å². The first-order valence-electron chi connectivity index (χ1n) is 12.6. The second-order valence-corrected chi connectivity index (χ2v) is 12.2. The second kappa shape index (κ2) is 13.9. The van der Waals surface area contributed by atoms with E-state index in [4.69, 9.17) is 34.7 Å². The zero-order chi connectivity index (χ0) is 27.3. The quantitative estimate of drug-likeness (QED) is 0.310. The van der Waals surface area contributed by atoms with Gasteiger partial charge in [-0.05, 0) is 79.0 Å². The molecule has 0 amide bonds. The molecule has 2 atom stereocenters. The fourth-order valence-corrected chi connectivity index (χ4v) is 4.49. The predicted octanol–water partition coefficient (Wildman–Crippen LogP) is 8.05. The van der Waals surface area contributed by atoms with Crippen molar-refractivity contribution < 1.29 is 9.18 Å². The second-order valence-electron chi connectivity index (χ2n) is 11.3. The van der Waals surface area contributed by atoms with E-state index in [1.54, 1.807) is 6.07 Å². The standard InChI is InChI=1S/C15H21ClFN.C15H20ClNO.CH4/c1-10(15(2,3)4)12(9-18)7-11-5-6-13(16)14(17)8-11;1-10(2)14(18)13(15(17)7-8-15)9-11-3-5-12(16)6-4-11;/h5-6,8,12H,1,7,9,18H2,2-4H3;3-6,10,13H,7-9,17H2,1-2H3;1H4. The van der Waals surface area contributed by atoms with E-state index in [9.17, 15) is 9.18 Å². The number of ketones is 1. The van der Waals surface area contributed by atoms with Crippen molar-refractivity contribution in [1.82, 2.24) is 0 Å². The molecule has 6 heteroatoms. The summed E-state index contributed by atoms with van der Waals surface area (Å²) in [6, 6.07) is 12.6. The molecule has 3 rings (SSSR count). The van der Waals surface area contributed by atoms with E-state index in [1.165, 1.54) is 6.07 Å². The van der Waals surface area contributed by atoms with Crippen LogP contribution in [0.5, 0.6) is 0 Å². The maximum Gasteiger partial charge on any atom is 0.142 e. The molecular weight excluding hydrogens is 506 g/mol. The number of nitrogens with two attached hydrogens (primary N) is 2. The molecule has 2 unspecified atom stereocenters. The van der Waals surface area contributed by atoms with Gasteiger partial charge in [0.1, 0.15) is 11.6 Å². The average Bonchev–Trinajstić information content (AvgIpc) is 3.56. The lowest BCUT2D eigenvalue weighted by molar-refractivity contribution is -0.126. The Kier molecular flexibility index (Phi) is 12.5. The maximum atomic E-state index is 13.4. The average molecular weight is 552 g/mol. The maximum absolute atomic E-state index is 13.4. The third-order valence-corrected chi connectivity index (χ3v) is 7.55.